The lowest BCUT2D eigenvalue weighted by molar-refractivity contribution is -0.119. The third-order valence-corrected chi connectivity index (χ3v) is 4.67. The SMILES string of the molecule is COc1ccc(-c2nnc3ccc(SCC(=O)NC(C)(C)C)nn23)cc1OC. The molecule has 148 valence electrons. The van der Waals surface area contributed by atoms with Gasteiger partial charge in [-0.25, -0.2) is 0 Å². The second-order valence-corrected chi connectivity index (χ2v) is 8.12. The number of hydrogen-bond acceptors (Lipinski definition) is 7. The summed E-state index contributed by atoms with van der Waals surface area (Å²) in [5, 5.41) is 16.6. The molecular weight excluding hydrogens is 378 g/mol. The lowest BCUT2D eigenvalue weighted by Crippen LogP contribution is -2.41. The molecule has 0 aliphatic heterocycles. The van der Waals surface area contributed by atoms with E-state index < -0.39 is 0 Å². The van der Waals surface area contributed by atoms with Gasteiger partial charge in [0.25, 0.3) is 0 Å². The van der Waals surface area contributed by atoms with Crippen molar-refractivity contribution in [2.24, 2.45) is 0 Å². The van der Waals surface area contributed by atoms with Crippen molar-refractivity contribution in [3.8, 4) is 22.9 Å². The van der Waals surface area contributed by atoms with E-state index in [4.69, 9.17) is 9.47 Å². The van der Waals surface area contributed by atoms with E-state index in [2.05, 4.69) is 20.6 Å². The van der Waals surface area contributed by atoms with Gasteiger partial charge in [-0.3, -0.25) is 4.79 Å². The monoisotopic (exact) mass is 401 g/mol. The van der Waals surface area contributed by atoms with E-state index in [-0.39, 0.29) is 17.2 Å². The van der Waals surface area contributed by atoms with Crippen molar-refractivity contribution in [2.45, 2.75) is 31.3 Å². The first kappa shape index (κ1) is 19.9. The van der Waals surface area contributed by atoms with Gasteiger partial charge in [-0.1, -0.05) is 11.8 Å². The summed E-state index contributed by atoms with van der Waals surface area (Å²) in [5.74, 6) is 2.06. The molecule has 0 radical (unpaired) electrons. The third kappa shape index (κ3) is 4.53. The first-order valence-corrected chi connectivity index (χ1v) is 9.68. The molecule has 1 amide bonds. The van der Waals surface area contributed by atoms with E-state index in [9.17, 15) is 4.79 Å². The van der Waals surface area contributed by atoms with Crippen molar-refractivity contribution < 1.29 is 14.3 Å². The molecule has 0 bridgehead atoms. The second kappa shape index (κ2) is 8.05. The first-order chi connectivity index (χ1) is 13.3. The van der Waals surface area contributed by atoms with Crippen LogP contribution in [-0.2, 0) is 4.79 Å². The molecule has 1 N–H and O–H groups in total. The highest BCUT2D eigenvalue weighted by Gasteiger charge is 2.16. The van der Waals surface area contributed by atoms with Crippen LogP contribution in [0.4, 0.5) is 0 Å². The fourth-order valence-electron chi connectivity index (χ4n) is 2.60. The second-order valence-electron chi connectivity index (χ2n) is 7.12. The molecule has 0 fully saturated rings. The molecule has 28 heavy (non-hydrogen) atoms. The number of hydrogen-bond donors (Lipinski definition) is 1. The Bertz CT molecular complexity index is 997. The molecule has 8 nitrogen and oxygen atoms in total. The number of thioether (sulfide) groups is 1. The number of benzene rings is 1. The molecule has 0 saturated heterocycles. The van der Waals surface area contributed by atoms with Gasteiger partial charge in [0.2, 0.25) is 5.91 Å². The van der Waals surface area contributed by atoms with E-state index in [0.717, 1.165) is 5.56 Å². The summed E-state index contributed by atoms with van der Waals surface area (Å²) < 4.78 is 12.3. The van der Waals surface area contributed by atoms with Gasteiger partial charge in [0.05, 0.1) is 20.0 Å². The van der Waals surface area contributed by atoms with E-state index >= 15 is 0 Å². The predicted octanol–water partition coefficient (Wildman–Crippen LogP) is 2.82. The molecule has 0 atom stereocenters. The number of carbonyl (C=O) groups is 1. The van der Waals surface area contributed by atoms with Gasteiger partial charge in [0.15, 0.2) is 23.0 Å². The van der Waals surface area contributed by atoms with E-state index in [1.807, 2.05) is 51.1 Å². The summed E-state index contributed by atoms with van der Waals surface area (Å²) in [6.07, 6.45) is 0. The summed E-state index contributed by atoms with van der Waals surface area (Å²) >= 11 is 1.36. The molecular formula is C19H23N5O3S. The van der Waals surface area contributed by atoms with Crippen LogP contribution in [-0.4, -0.2) is 51.2 Å². The quantitative estimate of drug-likeness (QED) is 0.635. The maximum Gasteiger partial charge on any atom is 0.230 e. The molecule has 3 aromatic rings. The van der Waals surface area contributed by atoms with Crippen LogP contribution < -0.4 is 14.8 Å². The molecule has 2 aromatic heterocycles. The zero-order chi connectivity index (χ0) is 20.3. The van der Waals surface area contributed by atoms with Crippen molar-refractivity contribution in [2.75, 3.05) is 20.0 Å². The van der Waals surface area contributed by atoms with Gasteiger partial charge in [-0.15, -0.1) is 10.2 Å². The molecule has 2 heterocycles. The van der Waals surface area contributed by atoms with Gasteiger partial charge in [0.1, 0.15) is 5.03 Å². The highest BCUT2D eigenvalue weighted by molar-refractivity contribution is 7.99. The van der Waals surface area contributed by atoms with E-state index in [0.29, 0.717) is 28.0 Å². The Morgan fingerprint density at radius 2 is 1.86 bits per heavy atom. The minimum Gasteiger partial charge on any atom is -0.493 e. The Hall–Kier alpha value is -2.81. The molecule has 0 aliphatic rings. The summed E-state index contributed by atoms with van der Waals surface area (Å²) in [7, 11) is 3.17. The Balaban J connectivity index is 1.86. The zero-order valence-corrected chi connectivity index (χ0v) is 17.3. The van der Waals surface area contributed by atoms with Crippen LogP contribution in [0.1, 0.15) is 20.8 Å². The molecule has 0 saturated carbocycles. The Labute approximate surface area is 167 Å². The number of carbonyl (C=O) groups excluding carboxylic acids is 1. The normalized spacial score (nSPS) is 11.5. The minimum absolute atomic E-state index is 0.0386. The van der Waals surface area contributed by atoms with Gasteiger partial charge >= 0.3 is 0 Å². The molecule has 9 heteroatoms. The maximum atomic E-state index is 12.0. The minimum atomic E-state index is -0.260. The van der Waals surface area contributed by atoms with Gasteiger partial charge in [-0.05, 0) is 51.1 Å². The average Bonchev–Trinajstić information content (AvgIpc) is 3.07. The summed E-state index contributed by atoms with van der Waals surface area (Å²) in [6.45, 7) is 5.85. The topological polar surface area (TPSA) is 90.6 Å². The fraction of sp³-hybridized carbons (Fsp3) is 0.368. The van der Waals surface area contributed by atoms with E-state index in [1.165, 1.54) is 11.8 Å². The number of methoxy groups -OCH3 is 2. The van der Waals surface area contributed by atoms with Gasteiger partial charge < -0.3 is 14.8 Å². The van der Waals surface area contributed by atoms with Gasteiger partial charge in [-0.2, -0.15) is 9.61 Å². The number of aromatic nitrogens is 4. The third-order valence-electron chi connectivity index (χ3n) is 3.75. The summed E-state index contributed by atoms with van der Waals surface area (Å²) in [4.78, 5) is 12.0. The number of amides is 1. The highest BCUT2D eigenvalue weighted by atomic mass is 32.2. The number of fused-ring (bicyclic) bond motifs is 1. The standard InChI is InChI=1S/C19H23N5O3S/c1-19(2,3)20-16(25)11-28-17-9-8-15-21-22-18(24(15)23-17)12-6-7-13(26-4)14(10-12)27-5/h6-10H,11H2,1-5H3,(H,20,25). The number of rotatable bonds is 6. The number of nitrogens with one attached hydrogen (secondary N) is 1. The van der Waals surface area contributed by atoms with Crippen LogP contribution in [0.25, 0.3) is 17.0 Å². The molecule has 3 rings (SSSR count). The number of ether oxygens (including phenoxy) is 2. The predicted molar refractivity (Wildman–Crippen MR) is 108 cm³/mol. The average molecular weight is 401 g/mol. The van der Waals surface area contributed by atoms with Crippen molar-refractivity contribution in [1.82, 2.24) is 25.1 Å². The summed E-state index contributed by atoms with van der Waals surface area (Å²) in [6, 6.07) is 9.17. The Morgan fingerprint density at radius 3 is 2.54 bits per heavy atom. The highest BCUT2D eigenvalue weighted by Crippen LogP contribution is 2.31. The first-order valence-electron chi connectivity index (χ1n) is 8.69. The van der Waals surface area contributed by atoms with Crippen LogP contribution in [0.15, 0.2) is 35.4 Å². The van der Waals surface area contributed by atoms with Gasteiger partial charge in [0, 0.05) is 11.1 Å². The van der Waals surface area contributed by atoms with Crippen LogP contribution in [0, 0.1) is 0 Å². The van der Waals surface area contributed by atoms with Crippen LogP contribution >= 0.6 is 11.8 Å². The Morgan fingerprint density at radius 1 is 1.11 bits per heavy atom. The molecule has 1 aromatic carbocycles. The maximum absolute atomic E-state index is 12.0. The van der Waals surface area contributed by atoms with Crippen LogP contribution in [0.3, 0.4) is 0 Å². The lowest BCUT2D eigenvalue weighted by atomic mass is 10.1. The Kier molecular flexibility index (Phi) is 5.73. The van der Waals surface area contributed by atoms with Crippen molar-refractivity contribution in [1.29, 1.82) is 0 Å². The zero-order valence-electron chi connectivity index (χ0n) is 16.5. The molecule has 0 unspecified atom stereocenters. The number of nitrogens with zero attached hydrogens (tertiary/aromatic N) is 4. The lowest BCUT2D eigenvalue weighted by Gasteiger charge is -2.20. The largest absolute Gasteiger partial charge is 0.493 e. The molecule has 0 spiro atoms. The molecule has 0 aliphatic carbocycles. The van der Waals surface area contributed by atoms with E-state index in [1.54, 1.807) is 18.7 Å². The summed E-state index contributed by atoms with van der Waals surface area (Å²) in [5.41, 5.74) is 1.16. The van der Waals surface area contributed by atoms with Crippen molar-refractivity contribution in [3.05, 3.63) is 30.3 Å². The fourth-order valence-corrected chi connectivity index (χ4v) is 3.25. The van der Waals surface area contributed by atoms with Crippen molar-refractivity contribution in [3.63, 3.8) is 0 Å². The van der Waals surface area contributed by atoms with Crippen LogP contribution in [0.5, 0.6) is 11.5 Å². The smallest absolute Gasteiger partial charge is 0.230 e. The van der Waals surface area contributed by atoms with Crippen LogP contribution in [0.2, 0.25) is 0 Å². The van der Waals surface area contributed by atoms with Crippen molar-refractivity contribution >= 4 is 23.3 Å².